The molecule has 146 valence electrons. The number of carbonyl (C=O) groups excluding carboxylic acids is 3. The van der Waals surface area contributed by atoms with Crippen LogP contribution in [0.4, 0.5) is 9.59 Å². The summed E-state index contributed by atoms with van der Waals surface area (Å²) in [6.45, 7) is 5.91. The molecule has 2 bridgehead atoms. The number of fused-ring (bicyclic) bond motifs is 3. The molecular weight excluding hydrogens is 348 g/mol. The molecule has 3 aliphatic heterocycles. The van der Waals surface area contributed by atoms with Gasteiger partial charge in [-0.1, -0.05) is 30.3 Å². The fourth-order valence-electron chi connectivity index (χ4n) is 3.74. The number of nitrogens with zero attached hydrogens (tertiary/aromatic N) is 2. The number of piperidine rings is 2. The highest BCUT2D eigenvalue weighted by atomic mass is 16.6. The van der Waals surface area contributed by atoms with Crippen molar-refractivity contribution >= 4 is 18.5 Å². The molecule has 0 N–H and O–H groups in total. The van der Waals surface area contributed by atoms with E-state index in [2.05, 4.69) is 0 Å². The van der Waals surface area contributed by atoms with Crippen LogP contribution in [0.2, 0.25) is 0 Å². The van der Waals surface area contributed by atoms with Crippen molar-refractivity contribution in [3.8, 4) is 0 Å². The maximum atomic E-state index is 12.6. The number of rotatable bonds is 3. The summed E-state index contributed by atoms with van der Waals surface area (Å²) in [5.74, 6) is 0. The van der Waals surface area contributed by atoms with Crippen LogP contribution in [0.1, 0.15) is 39.2 Å². The first-order chi connectivity index (χ1) is 12.8. The van der Waals surface area contributed by atoms with Gasteiger partial charge in [-0.25, -0.2) is 9.59 Å². The predicted octanol–water partition coefficient (Wildman–Crippen LogP) is 2.97. The summed E-state index contributed by atoms with van der Waals surface area (Å²) in [6, 6.07) is 8.04. The highest BCUT2D eigenvalue weighted by molar-refractivity contribution is 5.78. The third-order valence-electron chi connectivity index (χ3n) is 4.90. The smallest absolute Gasteiger partial charge is 0.411 e. The summed E-state index contributed by atoms with van der Waals surface area (Å²) in [5.41, 5.74) is 0.268. The van der Waals surface area contributed by atoms with Gasteiger partial charge in [0.15, 0.2) is 0 Å². The van der Waals surface area contributed by atoms with E-state index in [-0.39, 0.29) is 18.7 Å². The summed E-state index contributed by atoms with van der Waals surface area (Å²) < 4.78 is 10.9. The monoisotopic (exact) mass is 374 g/mol. The molecule has 0 aliphatic carbocycles. The first-order valence-electron chi connectivity index (χ1n) is 9.24. The standard InChI is InChI=1S/C20H26N2O5/c1-20(2,3)27-18(24)21-11-15-9-10-16(21)17(12-23)22(15)19(25)26-13-14-7-5-4-6-8-14/h4-8,12,15-17H,9-11,13H2,1-3H3. The minimum atomic E-state index is -0.715. The van der Waals surface area contributed by atoms with Gasteiger partial charge < -0.3 is 19.2 Å². The largest absolute Gasteiger partial charge is 0.445 e. The van der Waals surface area contributed by atoms with Gasteiger partial charge in [0.05, 0.1) is 12.1 Å². The van der Waals surface area contributed by atoms with Gasteiger partial charge >= 0.3 is 12.2 Å². The number of hydrogen-bond donors (Lipinski definition) is 0. The fraction of sp³-hybridized carbons (Fsp3) is 0.550. The van der Waals surface area contributed by atoms with E-state index in [1.807, 2.05) is 30.3 Å². The van der Waals surface area contributed by atoms with Crippen LogP contribution < -0.4 is 0 Å². The summed E-state index contributed by atoms with van der Waals surface area (Å²) in [7, 11) is 0. The number of amides is 2. The van der Waals surface area contributed by atoms with E-state index in [0.717, 1.165) is 18.3 Å². The van der Waals surface area contributed by atoms with Crippen molar-refractivity contribution in [2.75, 3.05) is 6.54 Å². The fourth-order valence-corrected chi connectivity index (χ4v) is 3.74. The Morgan fingerprint density at radius 3 is 2.48 bits per heavy atom. The van der Waals surface area contributed by atoms with Gasteiger partial charge in [-0.2, -0.15) is 0 Å². The number of ether oxygens (including phenoxy) is 2. The Bertz CT molecular complexity index is 700. The molecule has 3 atom stereocenters. The molecule has 3 heterocycles. The molecular formula is C20H26N2O5. The zero-order valence-electron chi connectivity index (χ0n) is 16.0. The topological polar surface area (TPSA) is 76.2 Å². The van der Waals surface area contributed by atoms with Crippen molar-refractivity contribution in [3.63, 3.8) is 0 Å². The molecule has 3 fully saturated rings. The van der Waals surface area contributed by atoms with Crippen molar-refractivity contribution in [2.24, 2.45) is 0 Å². The van der Waals surface area contributed by atoms with Gasteiger partial charge in [0.2, 0.25) is 0 Å². The molecule has 1 aromatic carbocycles. The minimum absolute atomic E-state index is 0.148. The zero-order chi connectivity index (χ0) is 19.6. The van der Waals surface area contributed by atoms with Gasteiger partial charge in [-0.3, -0.25) is 4.90 Å². The lowest BCUT2D eigenvalue weighted by molar-refractivity contribution is -0.123. The van der Waals surface area contributed by atoms with Gasteiger partial charge in [-0.05, 0) is 39.2 Å². The van der Waals surface area contributed by atoms with Crippen molar-refractivity contribution in [1.29, 1.82) is 0 Å². The van der Waals surface area contributed by atoms with Crippen LogP contribution in [0.25, 0.3) is 0 Å². The Hall–Kier alpha value is -2.57. The summed E-state index contributed by atoms with van der Waals surface area (Å²) in [5, 5.41) is 0. The van der Waals surface area contributed by atoms with Crippen LogP contribution in [0.15, 0.2) is 30.3 Å². The summed E-state index contributed by atoms with van der Waals surface area (Å²) in [6.07, 6.45) is 1.16. The predicted molar refractivity (Wildman–Crippen MR) is 98.1 cm³/mol. The molecule has 7 heteroatoms. The van der Waals surface area contributed by atoms with Crippen molar-refractivity contribution in [3.05, 3.63) is 35.9 Å². The van der Waals surface area contributed by atoms with E-state index in [1.165, 1.54) is 4.90 Å². The van der Waals surface area contributed by atoms with Crippen LogP contribution in [0.5, 0.6) is 0 Å². The number of piperazine rings is 1. The van der Waals surface area contributed by atoms with Crippen LogP contribution in [-0.4, -0.2) is 58.5 Å². The SMILES string of the molecule is CC(C)(C)OC(=O)N1CC2CCC1C(C=O)N2C(=O)OCc1ccccc1. The quantitative estimate of drug-likeness (QED) is 0.760. The summed E-state index contributed by atoms with van der Waals surface area (Å²) >= 11 is 0. The van der Waals surface area contributed by atoms with E-state index in [0.29, 0.717) is 13.0 Å². The normalized spacial score (nSPS) is 24.5. The van der Waals surface area contributed by atoms with E-state index in [9.17, 15) is 14.4 Å². The third-order valence-corrected chi connectivity index (χ3v) is 4.90. The van der Waals surface area contributed by atoms with Crippen LogP contribution in [-0.2, 0) is 20.9 Å². The maximum absolute atomic E-state index is 12.6. The van der Waals surface area contributed by atoms with Gasteiger partial charge in [0.25, 0.3) is 0 Å². The number of carbonyl (C=O) groups is 3. The Balaban J connectivity index is 1.69. The second-order valence-electron chi connectivity index (χ2n) is 8.01. The molecule has 0 saturated carbocycles. The first-order valence-corrected chi connectivity index (χ1v) is 9.24. The van der Waals surface area contributed by atoms with Gasteiger partial charge in [0, 0.05) is 6.54 Å². The Labute approximate surface area is 159 Å². The van der Waals surface area contributed by atoms with E-state index < -0.39 is 23.8 Å². The minimum Gasteiger partial charge on any atom is -0.445 e. The van der Waals surface area contributed by atoms with Gasteiger partial charge in [0.1, 0.15) is 24.5 Å². The van der Waals surface area contributed by atoms with E-state index >= 15 is 0 Å². The molecule has 0 aromatic heterocycles. The molecule has 0 radical (unpaired) electrons. The van der Waals surface area contributed by atoms with E-state index in [1.54, 1.807) is 25.7 Å². The average Bonchev–Trinajstić information content (AvgIpc) is 2.65. The molecule has 7 nitrogen and oxygen atoms in total. The second kappa shape index (κ2) is 7.58. The molecule has 3 aliphatic rings. The van der Waals surface area contributed by atoms with Gasteiger partial charge in [-0.15, -0.1) is 0 Å². The highest BCUT2D eigenvalue weighted by Gasteiger charge is 2.51. The average molecular weight is 374 g/mol. The molecule has 0 spiro atoms. The number of hydrogen-bond acceptors (Lipinski definition) is 5. The molecule has 1 aromatic rings. The Kier molecular flexibility index (Phi) is 5.39. The van der Waals surface area contributed by atoms with Crippen molar-refractivity contribution in [2.45, 2.75) is 63.9 Å². The molecule has 2 amide bonds. The molecule has 4 rings (SSSR count). The third kappa shape index (κ3) is 4.23. The molecule has 3 saturated heterocycles. The lowest BCUT2D eigenvalue weighted by Gasteiger charge is -2.53. The lowest BCUT2D eigenvalue weighted by atomic mass is 9.85. The van der Waals surface area contributed by atoms with Crippen LogP contribution >= 0.6 is 0 Å². The molecule has 3 unspecified atom stereocenters. The number of benzene rings is 1. The van der Waals surface area contributed by atoms with Crippen molar-refractivity contribution in [1.82, 2.24) is 9.80 Å². The highest BCUT2D eigenvalue weighted by Crippen LogP contribution is 2.34. The van der Waals surface area contributed by atoms with E-state index in [4.69, 9.17) is 9.47 Å². The second-order valence-corrected chi connectivity index (χ2v) is 8.01. The van der Waals surface area contributed by atoms with Crippen molar-refractivity contribution < 1.29 is 23.9 Å². The molecule has 27 heavy (non-hydrogen) atoms. The summed E-state index contributed by atoms with van der Waals surface area (Å²) in [4.78, 5) is 40.0. The first kappa shape index (κ1) is 19.2. The number of aldehydes is 1. The van der Waals surface area contributed by atoms with Crippen LogP contribution in [0, 0.1) is 0 Å². The van der Waals surface area contributed by atoms with Crippen LogP contribution in [0.3, 0.4) is 0 Å². The Morgan fingerprint density at radius 2 is 1.85 bits per heavy atom. The maximum Gasteiger partial charge on any atom is 0.411 e. The lowest BCUT2D eigenvalue weighted by Crippen LogP contribution is -2.70. The Morgan fingerprint density at radius 1 is 1.15 bits per heavy atom. The zero-order valence-corrected chi connectivity index (χ0v) is 16.0.